The van der Waals surface area contributed by atoms with E-state index in [2.05, 4.69) is 39.0 Å². The fourth-order valence-electron chi connectivity index (χ4n) is 2.23. The van der Waals surface area contributed by atoms with Crippen molar-refractivity contribution >= 4 is 23.2 Å². The molecule has 2 aromatic rings. The average molecular weight is 279 g/mol. The first-order valence-corrected chi connectivity index (χ1v) is 6.81. The lowest BCUT2D eigenvalue weighted by Crippen LogP contribution is -1.95. The zero-order valence-corrected chi connectivity index (χ0v) is 12.3. The van der Waals surface area contributed by atoms with Crippen LogP contribution in [-0.2, 0) is 0 Å². The second-order valence-corrected chi connectivity index (χ2v) is 5.66. The summed E-state index contributed by atoms with van der Waals surface area (Å²) in [6.07, 6.45) is 0. The molecule has 0 aliphatic heterocycles. The number of halogens is 2. The summed E-state index contributed by atoms with van der Waals surface area (Å²) in [5, 5.41) is 1.38. The number of hydrogen-bond acceptors (Lipinski definition) is 0. The SMILES string of the molecule is Cc1cccc(C(C)C)c1-c1ccc(Cl)cc1Cl. The molecule has 0 nitrogen and oxygen atoms in total. The molecule has 94 valence electrons. The Hall–Kier alpha value is -0.980. The molecule has 0 aromatic heterocycles. The highest BCUT2D eigenvalue weighted by molar-refractivity contribution is 6.36. The molecule has 0 spiro atoms. The second kappa shape index (κ2) is 5.34. The summed E-state index contributed by atoms with van der Waals surface area (Å²) >= 11 is 12.3. The normalized spacial score (nSPS) is 11.0. The van der Waals surface area contributed by atoms with Crippen LogP contribution in [0.15, 0.2) is 36.4 Å². The molecule has 0 heterocycles. The van der Waals surface area contributed by atoms with Crippen LogP contribution in [0, 0.1) is 6.92 Å². The maximum Gasteiger partial charge on any atom is 0.0499 e. The first-order valence-electron chi connectivity index (χ1n) is 6.05. The average Bonchev–Trinajstić information content (AvgIpc) is 2.29. The number of rotatable bonds is 2. The molecule has 2 heteroatoms. The van der Waals surface area contributed by atoms with E-state index in [9.17, 15) is 0 Å². The van der Waals surface area contributed by atoms with Gasteiger partial charge in [0.05, 0.1) is 0 Å². The van der Waals surface area contributed by atoms with E-state index in [1.807, 2.05) is 12.1 Å². The van der Waals surface area contributed by atoms with E-state index in [1.54, 1.807) is 6.07 Å². The van der Waals surface area contributed by atoms with Crippen molar-refractivity contribution in [2.75, 3.05) is 0 Å². The Morgan fingerprint density at radius 1 is 1.00 bits per heavy atom. The molecule has 0 amide bonds. The molecule has 2 aromatic carbocycles. The number of hydrogen-bond donors (Lipinski definition) is 0. The van der Waals surface area contributed by atoms with Gasteiger partial charge in [0.2, 0.25) is 0 Å². The third kappa shape index (κ3) is 2.55. The first-order chi connectivity index (χ1) is 8.50. The van der Waals surface area contributed by atoms with Crippen LogP contribution in [0.25, 0.3) is 11.1 Å². The van der Waals surface area contributed by atoms with Crippen molar-refractivity contribution in [3.63, 3.8) is 0 Å². The monoisotopic (exact) mass is 278 g/mol. The molecule has 2 rings (SSSR count). The summed E-state index contributed by atoms with van der Waals surface area (Å²) in [4.78, 5) is 0. The number of aryl methyl sites for hydroxylation is 1. The Kier molecular flexibility index (Phi) is 3.99. The largest absolute Gasteiger partial charge is 0.0843 e. The van der Waals surface area contributed by atoms with Crippen molar-refractivity contribution in [3.8, 4) is 11.1 Å². The van der Waals surface area contributed by atoms with Crippen molar-refractivity contribution in [2.45, 2.75) is 26.7 Å². The van der Waals surface area contributed by atoms with Crippen LogP contribution in [0.3, 0.4) is 0 Å². The quantitative estimate of drug-likeness (QED) is 0.623. The summed E-state index contributed by atoms with van der Waals surface area (Å²) in [5.74, 6) is 0.464. The molecule has 0 bridgehead atoms. The molecule has 0 saturated carbocycles. The highest BCUT2D eigenvalue weighted by atomic mass is 35.5. The Balaban J connectivity index is 2.70. The van der Waals surface area contributed by atoms with Crippen LogP contribution >= 0.6 is 23.2 Å². The van der Waals surface area contributed by atoms with Crippen LogP contribution in [0.2, 0.25) is 10.0 Å². The van der Waals surface area contributed by atoms with E-state index >= 15 is 0 Å². The Bertz CT molecular complexity index is 571. The van der Waals surface area contributed by atoms with E-state index < -0.39 is 0 Å². The van der Waals surface area contributed by atoms with E-state index in [4.69, 9.17) is 23.2 Å². The third-order valence-corrected chi connectivity index (χ3v) is 3.68. The summed E-state index contributed by atoms with van der Waals surface area (Å²) < 4.78 is 0. The van der Waals surface area contributed by atoms with Gasteiger partial charge < -0.3 is 0 Å². The van der Waals surface area contributed by atoms with Gasteiger partial charge in [0.25, 0.3) is 0 Å². The van der Waals surface area contributed by atoms with Gasteiger partial charge in [0, 0.05) is 15.6 Å². The molecule has 0 unspecified atom stereocenters. The standard InChI is InChI=1S/C16H16Cl2/c1-10(2)13-6-4-5-11(3)16(13)14-8-7-12(17)9-15(14)18/h4-10H,1-3H3. The molecular weight excluding hydrogens is 263 g/mol. The number of benzene rings is 2. The van der Waals surface area contributed by atoms with Crippen molar-refractivity contribution in [1.82, 2.24) is 0 Å². The fraction of sp³-hybridized carbons (Fsp3) is 0.250. The lowest BCUT2D eigenvalue weighted by molar-refractivity contribution is 0.867. The van der Waals surface area contributed by atoms with Gasteiger partial charge >= 0.3 is 0 Å². The van der Waals surface area contributed by atoms with Crippen molar-refractivity contribution in [2.24, 2.45) is 0 Å². The topological polar surface area (TPSA) is 0 Å². The minimum atomic E-state index is 0.464. The molecule has 0 atom stereocenters. The van der Waals surface area contributed by atoms with E-state index in [-0.39, 0.29) is 0 Å². The minimum Gasteiger partial charge on any atom is -0.0843 e. The van der Waals surface area contributed by atoms with E-state index in [1.165, 1.54) is 16.7 Å². The van der Waals surface area contributed by atoms with Crippen molar-refractivity contribution in [3.05, 3.63) is 57.6 Å². The molecule has 0 radical (unpaired) electrons. The van der Waals surface area contributed by atoms with Gasteiger partial charge in [-0.05, 0) is 41.7 Å². The highest BCUT2D eigenvalue weighted by Crippen LogP contribution is 2.37. The Morgan fingerprint density at radius 3 is 2.33 bits per heavy atom. The van der Waals surface area contributed by atoms with Crippen LogP contribution in [0.4, 0.5) is 0 Å². The predicted molar refractivity (Wildman–Crippen MR) is 80.7 cm³/mol. The van der Waals surface area contributed by atoms with Gasteiger partial charge in [-0.2, -0.15) is 0 Å². The van der Waals surface area contributed by atoms with Gasteiger partial charge in [-0.3, -0.25) is 0 Å². The summed E-state index contributed by atoms with van der Waals surface area (Å²) in [5.41, 5.74) is 4.85. The van der Waals surface area contributed by atoms with Gasteiger partial charge in [-0.1, -0.05) is 61.3 Å². The van der Waals surface area contributed by atoms with Gasteiger partial charge in [0.1, 0.15) is 0 Å². The van der Waals surface area contributed by atoms with Crippen LogP contribution in [0.1, 0.15) is 30.9 Å². The second-order valence-electron chi connectivity index (χ2n) is 4.82. The maximum absolute atomic E-state index is 6.33. The highest BCUT2D eigenvalue weighted by Gasteiger charge is 2.13. The van der Waals surface area contributed by atoms with E-state index in [0.29, 0.717) is 16.0 Å². The minimum absolute atomic E-state index is 0.464. The molecule has 0 fully saturated rings. The molecule has 0 aliphatic carbocycles. The first kappa shape index (κ1) is 13.5. The van der Waals surface area contributed by atoms with Crippen LogP contribution in [0.5, 0.6) is 0 Å². The van der Waals surface area contributed by atoms with Gasteiger partial charge in [-0.15, -0.1) is 0 Å². The predicted octanol–water partition coefficient (Wildman–Crippen LogP) is 6.09. The Morgan fingerprint density at radius 2 is 1.72 bits per heavy atom. The lowest BCUT2D eigenvalue weighted by Gasteiger charge is -2.17. The maximum atomic E-state index is 6.33. The van der Waals surface area contributed by atoms with Crippen LogP contribution < -0.4 is 0 Å². The Labute approximate surface area is 119 Å². The van der Waals surface area contributed by atoms with Crippen molar-refractivity contribution < 1.29 is 0 Å². The zero-order valence-electron chi connectivity index (χ0n) is 10.8. The molecule has 18 heavy (non-hydrogen) atoms. The lowest BCUT2D eigenvalue weighted by atomic mass is 9.89. The summed E-state index contributed by atoms with van der Waals surface area (Å²) in [6, 6.07) is 12.1. The molecule has 0 aliphatic rings. The van der Waals surface area contributed by atoms with Crippen molar-refractivity contribution in [1.29, 1.82) is 0 Å². The van der Waals surface area contributed by atoms with Gasteiger partial charge in [-0.25, -0.2) is 0 Å². The zero-order chi connectivity index (χ0) is 13.3. The van der Waals surface area contributed by atoms with Gasteiger partial charge in [0.15, 0.2) is 0 Å². The molecular formula is C16H16Cl2. The fourth-order valence-corrected chi connectivity index (χ4v) is 2.73. The summed E-state index contributed by atoms with van der Waals surface area (Å²) in [7, 11) is 0. The third-order valence-electron chi connectivity index (χ3n) is 3.13. The molecule has 0 N–H and O–H groups in total. The van der Waals surface area contributed by atoms with Crippen LogP contribution in [-0.4, -0.2) is 0 Å². The summed E-state index contributed by atoms with van der Waals surface area (Å²) in [6.45, 7) is 6.51. The smallest absolute Gasteiger partial charge is 0.0499 e. The van der Waals surface area contributed by atoms with E-state index in [0.717, 1.165) is 5.56 Å². The molecule has 0 saturated heterocycles.